The van der Waals surface area contributed by atoms with Crippen LogP contribution >= 0.6 is 0 Å². The van der Waals surface area contributed by atoms with Crippen molar-refractivity contribution in [2.75, 3.05) is 31.1 Å². The average molecular weight is 412 g/mol. The number of aromatic amines is 1. The summed E-state index contributed by atoms with van der Waals surface area (Å²) in [6, 6.07) is 11.8. The molecule has 4 rings (SSSR count). The van der Waals surface area contributed by atoms with Gasteiger partial charge in [-0.1, -0.05) is 12.1 Å². The molecule has 1 aromatic heterocycles. The average Bonchev–Trinajstić information content (AvgIpc) is 3.34. The zero-order valence-corrected chi connectivity index (χ0v) is 17.0. The molecule has 1 saturated heterocycles. The number of anilines is 1. The van der Waals surface area contributed by atoms with E-state index in [4.69, 9.17) is 0 Å². The predicted molar refractivity (Wildman–Crippen MR) is 116 cm³/mol. The molecular weight excluding hydrogens is 386 g/mol. The lowest BCUT2D eigenvalue weighted by molar-refractivity contribution is 0.580. The highest BCUT2D eigenvalue weighted by atomic mass is 19.1. The van der Waals surface area contributed by atoms with Gasteiger partial charge in [0.05, 0.1) is 16.7 Å². The van der Waals surface area contributed by atoms with Gasteiger partial charge in [-0.2, -0.15) is 0 Å². The topological polar surface area (TPSA) is 68.3 Å². The van der Waals surface area contributed by atoms with Crippen LogP contribution in [0.4, 0.5) is 14.5 Å². The van der Waals surface area contributed by atoms with E-state index < -0.39 is 11.6 Å². The van der Waals surface area contributed by atoms with Gasteiger partial charge in [0.25, 0.3) is 0 Å². The lowest BCUT2D eigenvalue weighted by atomic mass is 10.2. The first-order chi connectivity index (χ1) is 14.6. The third kappa shape index (κ3) is 4.69. The van der Waals surface area contributed by atoms with E-state index in [1.54, 1.807) is 0 Å². The van der Waals surface area contributed by atoms with Gasteiger partial charge in [0.15, 0.2) is 5.96 Å². The number of nitrogens with zero attached hydrogens (tertiary/aromatic N) is 3. The minimum absolute atomic E-state index is 0.137. The number of aliphatic imine (C=N–C) groups is 1. The van der Waals surface area contributed by atoms with E-state index in [1.807, 2.05) is 36.1 Å². The molecule has 1 fully saturated rings. The number of hydrogen-bond acceptors (Lipinski definition) is 3. The molecule has 0 spiro atoms. The van der Waals surface area contributed by atoms with E-state index in [0.29, 0.717) is 31.7 Å². The fraction of sp³-hybridized carbons (Fsp3) is 0.364. The van der Waals surface area contributed by atoms with Crippen molar-refractivity contribution in [1.29, 1.82) is 0 Å². The third-order valence-electron chi connectivity index (χ3n) is 5.18. The van der Waals surface area contributed by atoms with Crippen molar-refractivity contribution in [3.63, 3.8) is 0 Å². The molecule has 8 heteroatoms. The maximum absolute atomic E-state index is 14.1. The van der Waals surface area contributed by atoms with Crippen LogP contribution in [-0.2, 0) is 6.42 Å². The summed E-state index contributed by atoms with van der Waals surface area (Å²) in [5.41, 5.74) is 2.42. The van der Waals surface area contributed by atoms with Crippen molar-refractivity contribution in [3.8, 4) is 0 Å². The first-order valence-electron chi connectivity index (χ1n) is 10.3. The number of guanidine groups is 1. The number of nitrogens with one attached hydrogen (secondary N) is 3. The summed E-state index contributed by atoms with van der Waals surface area (Å²) in [5, 5.41) is 6.69. The van der Waals surface area contributed by atoms with Crippen LogP contribution in [0.2, 0.25) is 0 Å². The van der Waals surface area contributed by atoms with Crippen molar-refractivity contribution in [3.05, 3.63) is 59.9 Å². The van der Waals surface area contributed by atoms with Gasteiger partial charge in [0, 0.05) is 44.7 Å². The molecular formula is C22H26F2N6. The van der Waals surface area contributed by atoms with E-state index in [1.165, 1.54) is 12.1 Å². The van der Waals surface area contributed by atoms with Crippen LogP contribution in [0.15, 0.2) is 47.5 Å². The normalized spacial score (nSPS) is 17.0. The molecule has 1 unspecified atom stereocenters. The van der Waals surface area contributed by atoms with Gasteiger partial charge in [-0.05, 0) is 37.6 Å². The third-order valence-corrected chi connectivity index (χ3v) is 5.18. The van der Waals surface area contributed by atoms with Crippen molar-refractivity contribution in [1.82, 2.24) is 20.6 Å². The molecule has 1 aliphatic heterocycles. The van der Waals surface area contributed by atoms with Crippen molar-refractivity contribution >= 4 is 22.7 Å². The highest BCUT2D eigenvalue weighted by molar-refractivity contribution is 5.80. The Kier molecular flexibility index (Phi) is 6.11. The SMILES string of the molecule is CCNC(=NCCc1nc2ccccc2[nH]1)NC1CCN(c2ccc(F)cc2F)C1. The number of imidazole rings is 1. The molecule has 3 aromatic rings. The Balaban J connectivity index is 1.34. The first kappa shape index (κ1) is 20.1. The minimum atomic E-state index is -0.559. The maximum atomic E-state index is 14.1. The molecule has 2 heterocycles. The van der Waals surface area contributed by atoms with Gasteiger partial charge in [0.1, 0.15) is 17.5 Å². The molecule has 0 radical (unpaired) electrons. The second-order valence-corrected chi connectivity index (χ2v) is 7.38. The highest BCUT2D eigenvalue weighted by Crippen LogP contribution is 2.24. The smallest absolute Gasteiger partial charge is 0.191 e. The van der Waals surface area contributed by atoms with Crippen molar-refractivity contribution < 1.29 is 8.78 Å². The number of fused-ring (bicyclic) bond motifs is 1. The van der Waals surface area contributed by atoms with Gasteiger partial charge in [-0.15, -0.1) is 0 Å². The van der Waals surface area contributed by atoms with Gasteiger partial charge in [0.2, 0.25) is 0 Å². The Morgan fingerprint density at radius 1 is 1.27 bits per heavy atom. The number of hydrogen-bond donors (Lipinski definition) is 3. The zero-order valence-electron chi connectivity index (χ0n) is 17.0. The van der Waals surface area contributed by atoms with Crippen LogP contribution < -0.4 is 15.5 Å². The van der Waals surface area contributed by atoms with E-state index in [2.05, 4.69) is 25.6 Å². The van der Waals surface area contributed by atoms with Crippen LogP contribution in [0.3, 0.4) is 0 Å². The van der Waals surface area contributed by atoms with E-state index in [9.17, 15) is 8.78 Å². The van der Waals surface area contributed by atoms with E-state index in [0.717, 1.165) is 41.8 Å². The molecule has 0 aliphatic carbocycles. The van der Waals surface area contributed by atoms with Gasteiger partial charge in [-0.25, -0.2) is 13.8 Å². The number of H-pyrrole nitrogens is 1. The molecule has 158 valence electrons. The molecule has 1 aliphatic rings. The zero-order chi connectivity index (χ0) is 20.9. The lowest BCUT2D eigenvalue weighted by Gasteiger charge is -2.21. The Bertz CT molecular complexity index is 998. The molecule has 0 saturated carbocycles. The molecule has 0 amide bonds. The van der Waals surface area contributed by atoms with Crippen LogP contribution in [0.25, 0.3) is 11.0 Å². The standard InChI is InChI=1S/C22H26F2N6/c1-2-25-22(26-11-9-21-28-18-5-3-4-6-19(18)29-21)27-16-10-12-30(14-16)20-8-7-15(23)13-17(20)24/h3-8,13,16H,2,9-12,14H2,1H3,(H,28,29)(H2,25,26,27). The first-order valence-corrected chi connectivity index (χ1v) is 10.3. The summed E-state index contributed by atoms with van der Waals surface area (Å²) in [7, 11) is 0. The molecule has 2 aromatic carbocycles. The number of para-hydroxylation sites is 2. The van der Waals surface area contributed by atoms with Crippen LogP contribution in [-0.4, -0.2) is 48.1 Å². The summed E-state index contributed by atoms with van der Waals surface area (Å²) >= 11 is 0. The fourth-order valence-corrected chi connectivity index (χ4v) is 3.75. The molecule has 1 atom stereocenters. The highest BCUT2D eigenvalue weighted by Gasteiger charge is 2.25. The Morgan fingerprint density at radius 2 is 2.13 bits per heavy atom. The quantitative estimate of drug-likeness (QED) is 0.430. The Hall–Kier alpha value is -3.16. The lowest BCUT2D eigenvalue weighted by Crippen LogP contribution is -2.44. The summed E-state index contributed by atoms with van der Waals surface area (Å²) in [6.45, 7) is 4.71. The van der Waals surface area contributed by atoms with Crippen LogP contribution in [0.5, 0.6) is 0 Å². The predicted octanol–water partition coefficient (Wildman–Crippen LogP) is 3.22. The number of rotatable bonds is 6. The van der Waals surface area contributed by atoms with Gasteiger partial charge in [-0.3, -0.25) is 4.99 Å². The van der Waals surface area contributed by atoms with E-state index >= 15 is 0 Å². The second kappa shape index (κ2) is 9.11. The number of aromatic nitrogens is 2. The largest absolute Gasteiger partial charge is 0.367 e. The number of halogens is 2. The summed E-state index contributed by atoms with van der Waals surface area (Å²) < 4.78 is 27.2. The summed E-state index contributed by atoms with van der Waals surface area (Å²) in [4.78, 5) is 14.5. The number of benzene rings is 2. The van der Waals surface area contributed by atoms with Crippen molar-refractivity contribution in [2.24, 2.45) is 4.99 Å². The Labute approximate surface area is 174 Å². The summed E-state index contributed by atoms with van der Waals surface area (Å²) in [6.07, 6.45) is 1.56. The summed E-state index contributed by atoms with van der Waals surface area (Å²) in [5.74, 6) is 0.563. The van der Waals surface area contributed by atoms with E-state index in [-0.39, 0.29) is 6.04 Å². The monoisotopic (exact) mass is 412 g/mol. The van der Waals surface area contributed by atoms with Crippen LogP contribution in [0, 0.1) is 11.6 Å². The van der Waals surface area contributed by atoms with Gasteiger partial charge >= 0.3 is 0 Å². The maximum Gasteiger partial charge on any atom is 0.191 e. The second-order valence-electron chi connectivity index (χ2n) is 7.38. The molecule has 0 bridgehead atoms. The van der Waals surface area contributed by atoms with Gasteiger partial charge < -0.3 is 20.5 Å². The van der Waals surface area contributed by atoms with Crippen LogP contribution in [0.1, 0.15) is 19.2 Å². The molecule has 3 N–H and O–H groups in total. The minimum Gasteiger partial charge on any atom is -0.367 e. The Morgan fingerprint density at radius 3 is 2.93 bits per heavy atom. The van der Waals surface area contributed by atoms with Crippen molar-refractivity contribution in [2.45, 2.75) is 25.8 Å². The molecule has 6 nitrogen and oxygen atoms in total. The fourth-order valence-electron chi connectivity index (χ4n) is 3.75. The molecule has 30 heavy (non-hydrogen) atoms.